The molecule has 1 N–H and O–H groups in total. The first-order chi connectivity index (χ1) is 9.54. The molecule has 2 aromatic rings. The Morgan fingerprint density at radius 2 is 2.15 bits per heavy atom. The second kappa shape index (κ2) is 6.09. The molecule has 1 heterocycles. The van der Waals surface area contributed by atoms with Crippen LogP contribution in [0.4, 0.5) is 0 Å². The van der Waals surface area contributed by atoms with Gasteiger partial charge in [0.25, 0.3) is 5.91 Å². The van der Waals surface area contributed by atoms with Crippen LogP contribution in [0.15, 0.2) is 28.8 Å². The number of rotatable bonds is 4. The number of hydrogen-bond acceptors (Lipinski definition) is 3. The number of nitrogens with zero attached hydrogens (tertiary/aromatic N) is 1. The molecule has 0 radical (unpaired) electrons. The first-order valence-electron chi connectivity index (χ1n) is 6.56. The topological polar surface area (TPSA) is 55.1 Å². The third-order valence-corrected chi connectivity index (χ3v) is 3.54. The van der Waals surface area contributed by atoms with E-state index in [1.807, 2.05) is 32.0 Å². The molecule has 106 valence electrons. The minimum Gasteiger partial charge on any atom is -0.360 e. The van der Waals surface area contributed by atoms with Crippen LogP contribution in [0.1, 0.15) is 36.4 Å². The van der Waals surface area contributed by atoms with Crippen molar-refractivity contribution in [1.82, 2.24) is 10.5 Å². The number of carbonyl (C=O) groups is 1. The fraction of sp³-hybridized carbons (Fsp3) is 0.333. The minimum absolute atomic E-state index is 0.0934. The van der Waals surface area contributed by atoms with E-state index in [-0.39, 0.29) is 11.9 Å². The lowest BCUT2D eigenvalue weighted by molar-refractivity contribution is 0.0938. The van der Waals surface area contributed by atoms with Crippen LogP contribution in [-0.4, -0.2) is 17.1 Å². The lowest BCUT2D eigenvalue weighted by Crippen LogP contribution is -2.32. The highest BCUT2D eigenvalue weighted by atomic mass is 35.5. The maximum absolute atomic E-state index is 12.3. The van der Waals surface area contributed by atoms with Crippen LogP contribution >= 0.6 is 11.6 Å². The molecule has 1 aromatic carbocycles. The summed E-state index contributed by atoms with van der Waals surface area (Å²) in [4.78, 5) is 12.3. The molecule has 0 aliphatic carbocycles. The molecule has 20 heavy (non-hydrogen) atoms. The van der Waals surface area contributed by atoms with Gasteiger partial charge in [0.05, 0.1) is 5.02 Å². The van der Waals surface area contributed by atoms with Crippen LogP contribution in [0.25, 0.3) is 11.3 Å². The Balaban J connectivity index is 2.43. The van der Waals surface area contributed by atoms with E-state index in [2.05, 4.69) is 10.5 Å². The summed E-state index contributed by atoms with van der Waals surface area (Å²) in [5, 5.41) is 7.44. The van der Waals surface area contributed by atoms with Crippen LogP contribution in [0, 0.1) is 6.92 Å². The molecule has 0 bridgehead atoms. The van der Waals surface area contributed by atoms with E-state index in [9.17, 15) is 4.79 Å². The number of carbonyl (C=O) groups excluding carboxylic acids is 1. The van der Waals surface area contributed by atoms with Crippen LogP contribution in [0.3, 0.4) is 0 Å². The highest BCUT2D eigenvalue weighted by Gasteiger charge is 2.23. The molecule has 1 amide bonds. The quantitative estimate of drug-likeness (QED) is 0.931. The van der Waals surface area contributed by atoms with Crippen LogP contribution in [-0.2, 0) is 0 Å². The predicted octanol–water partition coefficient (Wildman–Crippen LogP) is 3.83. The Morgan fingerprint density at radius 3 is 2.80 bits per heavy atom. The van der Waals surface area contributed by atoms with Gasteiger partial charge in [-0.2, -0.15) is 0 Å². The number of hydrogen-bond donors (Lipinski definition) is 1. The third-order valence-electron chi connectivity index (χ3n) is 3.21. The van der Waals surface area contributed by atoms with Crippen molar-refractivity contribution >= 4 is 17.5 Å². The molecule has 5 heteroatoms. The predicted molar refractivity (Wildman–Crippen MR) is 78.9 cm³/mol. The summed E-state index contributed by atoms with van der Waals surface area (Å²) >= 11 is 6.16. The SMILES string of the molecule is CCC(C)NC(=O)c1c(-c2ccccc2Cl)noc1C. The molecule has 0 aliphatic rings. The molecule has 4 nitrogen and oxygen atoms in total. The Hall–Kier alpha value is -1.81. The molecule has 2 rings (SSSR count). The van der Waals surface area contributed by atoms with Crippen molar-refractivity contribution in [3.63, 3.8) is 0 Å². The summed E-state index contributed by atoms with van der Waals surface area (Å²) in [7, 11) is 0. The second-order valence-electron chi connectivity index (χ2n) is 4.72. The molecule has 1 aromatic heterocycles. The zero-order chi connectivity index (χ0) is 14.7. The van der Waals surface area contributed by atoms with E-state index >= 15 is 0 Å². The van der Waals surface area contributed by atoms with Crippen LogP contribution in [0.2, 0.25) is 5.02 Å². The summed E-state index contributed by atoms with van der Waals surface area (Å²) in [6.45, 7) is 5.69. The van der Waals surface area contributed by atoms with Crippen LogP contribution in [0.5, 0.6) is 0 Å². The third kappa shape index (κ3) is 2.85. The summed E-state index contributed by atoms with van der Waals surface area (Å²) in [6, 6.07) is 7.35. The molecule has 0 spiro atoms. The zero-order valence-electron chi connectivity index (χ0n) is 11.7. The van der Waals surface area contributed by atoms with E-state index in [0.717, 1.165) is 6.42 Å². The van der Waals surface area contributed by atoms with Crippen molar-refractivity contribution in [2.24, 2.45) is 0 Å². The molecule has 0 saturated heterocycles. The smallest absolute Gasteiger partial charge is 0.257 e. The van der Waals surface area contributed by atoms with E-state index in [1.54, 1.807) is 13.0 Å². The largest absolute Gasteiger partial charge is 0.360 e. The van der Waals surface area contributed by atoms with Crippen molar-refractivity contribution in [3.05, 3.63) is 40.6 Å². The number of amides is 1. The molecule has 0 aliphatic heterocycles. The molecule has 0 fully saturated rings. The number of halogens is 1. The molecule has 1 atom stereocenters. The van der Waals surface area contributed by atoms with E-state index in [0.29, 0.717) is 27.6 Å². The van der Waals surface area contributed by atoms with Gasteiger partial charge < -0.3 is 9.84 Å². The summed E-state index contributed by atoms with van der Waals surface area (Å²) in [5.41, 5.74) is 1.62. The van der Waals surface area contributed by atoms with Gasteiger partial charge in [0.1, 0.15) is 17.0 Å². The van der Waals surface area contributed by atoms with Crippen molar-refractivity contribution in [2.75, 3.05) is 0 Å². The maximum atomic E-state index is 12.3. The molecular formula is C15H17ClN2O2. The number of benzene rings is 1. The van der Waals surface area contributed by atoms with E-state index in [1.165, 1.54) is 0 Å². The zero-order valence-corrected chi connectivity index (χ0v) is 12.5. The second-order valence-corrected chi connectivity index (χ2v) is 5.13. The average Bonchev–Trinajstić information content (AvgIpc) is 2.81. The monoisotopic (exact) mass is 292 g/mol. The van der Waals surface area contributed by atoms with Gasteiger partial charge >= 0.3 is 0 Å². The van der Waals surface area contributed by atoms with Crippen molar-refractivity contribution in [2.45, 2.75) is 33.2 Å². The van der Waals surface area contributed by atoms with E-state index < -0.39 is 0 Å². The average molecular weight is 293 g/mol. The fourth-order valence-electron chi connectivity index (χ4n) is 1.87. The van der Waals surface area contributed by atoms with Crippen molar-refractivity contribution in [3.8, 4) is 11.3 Å². The summed E-state index contributed by atoms with van der Waals surface area (Å²) in [5.74, 6) is 0.300. The van der Waals surface area contributed by atoms with Gasteiger partial charge in [-0.15, -0.1) is 0 Å². The van der Waals surface area contributed by atoms with E-state index in [4.69, 9.17) is 16.1 Å². The molecular weight excluding hydrogens is 276 g/mol. The molecule has 0 saturated carbocycles. The van der Waals surface area contributed by atoms with Crippen molar-refractivity contribution in [1.29, 1.82) is 0 Å². The minimum atomic E-state index is -0.187. The lowest BCUT2D eigenvalue weighted by atomic mass is 10.1. The number of nitrogens with one attached hydrogen (secondary N) is 1. The highest BCUT2D eigenvalue weighted by Crippen LogP contribution is 2.30. The highest BCUT2D eigenvalue weighted by molar-refractivity contribution is 6.33. The van der Waals surface area contributed by atoms with Crippen LogP contribution < -0.4 is 5.32 Å². The van der Waals surface area contributed by atoms with Gasteiger partial charge in [0.2, 0.25) is 0 Å². The summed E-state index contributed by atoms with van der Waals surface area (Å²) in [6.07, 6.45) is 0.859. The Labute approximate surface area is 123 Å². The van der Waals surface area contributed by atoms with Gasteiger partial charge in [-0.3, -0.25) is 4.79 Å². The van der Waals surface area contributed by atoms with Gasteiger partial charge in [-0.25, -0.2) is 0 Å². The Morgan fingerprint density at radius 1 is 1.45 bits per heavy atom. The number of aryl methyl sites for hydroxylation is 1. The molecule has 1 unspecified atom stereocenters. The van der Waals surface area contributed by atoms with Crippen molar-refractivity contribution < 1.29 is 9.32 Å². The Kier molecular flexibility index (Phi) is 4.45. The number of aromatic nitrogens is 1. The standard InChI is InChI=1S/C15H17ClN2O2/c1-4-9(2)17-15(19)13-10(3)20-18-14(13)11-7-5-6-8-12(11)16/h5-9H,4H2,1-3H3,(H,17,19). The maximum Gasteiger partial charge on any atom is 0.257 e. The lowest BCUT2D eigenvalue weighted by Gasteiger charge is -2.11. The normalized spacial score (nSPS) is 12.2. The summed E-state index contributed by atoms with van der Waals surface area (Å²) < 4.78 is 5.17. The van der Waals surface area contributed by atoms with Gasteiger partial charge in [-0.1, -0.05) is 41.9 Å². The van der Waals surface area contributed by atoms with Gasteiger partial charge in [0, 0.05) is 11.6 Å². The van der Waals surface area contributed by atoms with Gasteiger partial charge in [-0.05, 0) is 26.3 Å². The van der Waals surface area contributed by atoms with Gasteiger partial charge in [0.15, 0.2) is 0 Å². The first-order valence-corrected chi connectivity index (χ1v) is 6.94. The fourth-order valence-corrected chi connectivity index (χ4v) is 2.10. The Bertz CT molecular complexity index is 622. The first kappa shape index (κ1) is 14.6.